The molecule has 0 saturated heterocycles. The van der Waals surface area contributed by atoms with Crippen LogP contribution in [0.15, 0.2) is 4.99 Å². The van der Waals surface area contributed by atoms with Gasteiger partial charge in [-0.25, -0.2) is 0 Å². The number of aliphatic imine (C=N–C) groups is 1. The summed E-state index contributed by atoms with van der Waals surface area (Å²) in [4.78, 5) is 6.20. The smallest absolute Gasteiger partial charge is 0.0982 e. The molecule has 0 aromatic rings. The molecule has 0 aromatic carbocycles. The van der Waals surface area contributed by atoms with E-state index in [0.29, 0.717) is 6.42 Å². The molecule has 1 unspecified atom stereocenters. The number of nitriles is 1. The molecular weight excluding hydrogens is 224 g/mol. The van der Waals surface area contributed by atoms with Crippen molar-refractivity contribution in [3.05, 3.63) is 0 Å². The van der Waals surface area contributed by atoms with E-state index in [1.165, 1.54) is 19.4 Å². The number of rotatable bonds is 11. The monoisotopic (exact) mass is 253 g/mol. The summed E-state index contributed by atoms with van der Waals surface area (Å²) < 4.78 is 1.08. The van der Waals surface area contributed by atoms with Gasteiger partial charge in [0.25, 0.3) is 0 Å². The Morgan fingerprint density at radius 2 is 2.00 bits per heavy atom. The molecule has 0 N–H and O–H groups in total. The Kier molecular flexibility index (Phi) is 9.53. The lowest BCUT2D eigenvalue weighted by molar-refractivity contribution is -0.906. The summed E-state index contributed by atoms with van der Waals surface area (Å²) in [6.07, 6.45) is 3.07. The minimum absolute atomic E-state index is 0.629. The first-order valence-electron chi connectivity index (χ1n) is 6.89. The Hall–Kier alpha value is -0.920. The average molecular weight is 253 g/mol. The molecule has 4 heteroatoms. The molecule has 0 aliphatic heterocycles. The quantitative estimate of drug-likeness (QED) is 0.320. The van der Waals surface area contributed by atoms with Crippen LogP contribution in [0.5, 0.6) is 0 Å². The first-order valence-corrected chi connectivity index (χ1v) is 6.89. The highest BCUT2D eigenvalue weighted by Gasteiger charge is 2.17. The van der Waals surface area contributed by atoms with E-state index in [2.05, 4.69) is 43.7 Å². The van der Waals surface area contributed by atoms with Gasteiger partial charge in [-0.15, -0.1) is 0 Å². The van der Waals surface area contributed by atoms with Crippen LogP contribution >= 0.6 is 0 Å². The molecular formula is C14H29N4+. The number of likely N-dealkylation sites (N-methyl/N-ethyl adjacent to an activating group) is 1. The highest BCUT2D eigenvalue weighted by molar-refractivity contribution is 5.23. The van der Waals surface area contributed by atoms with E-state index >= 15 is 0 Å². The molecule has 0 bridgehead atoms. The zero-order chi connectivity index (χ0) is 13.9. The fourth-order valence-corrected chi connectivity index (χ4v) is 1.97. The number of nitrogens with zero attached hydrogens (tertiary/aromatic N) is 4. The molecule has 104 valence electrons. The van der Waals surface area contributed by atoms with Crippen molar-refractivity contribution in [3.8, 4) is 6.07 Å². The van der Waals surface area contributed by atoms with Crippen LogP contribution in [0.2, 0.25) is 0 Å². The van der Waals surface area contributed by atoms with Gasteiger partial charge in [-0.05, 0) is 40.1 Å². The molecule has 0 spiro atoms. The van der Waals surface area contributed by atoms with Crippen LogP contribution in [0.3, 0.4) is 0 Å². The number of hydrogen-bond donors (Lipinski definition) is 0. The van der Waals surface area contributed by atoms with E-state index in [4.69, 9.17) is 5.26 Å². The van der Waals surface area contributed by atoms with Gasteiger partial charge in [0, 0.05) is 13.0 Å². The van der Waals surface area contributed by atoms with E-state index in [9.17, 15) is 0 Å². The molecule has 4 nitrogen and oxygen atoms in total. The fourth-order valence-electron chi connectivity index (χ4n) is 1.97. The van der Waals surface area contributed by atoms with Gasteiger partial charge in [0.15, 0.2) is 0 Å². The van der Waals surface area contributed by atoms with E-state index in [0.717, 1.165) is 37.2 Å². The predicted molar refractivity (Wildman–Crippen MR) is 77.8 cm³/mol. The number of quaternary nitrogens is 1. The van der Waals surface area contributed by atoms with Crippen LogP contribution in [0.25, 0.3) is 0 Å². The molecule has 0 rings (SSSR count). The fraction of sp³-hybridized carbons (Fsp3) is 0.857. The zero-order valence-electron chi connectivity index (χ0n) is 12.4. The van der Waals surface area contributed by atoms with Crippen molar-refractivity contribution in [1.29, 1.82) is 5.26 Å². The lowest BCUT2D eigenvalue weighted by Crippen LogP contribution is -2.46. The van der Waals surface area contributed by atoms with Crippen LogP contribution < -0.4 is 0 Å². The Morgan fingerprint density at radius 1 is 1.28 bits per heavy atom. The molecule has 0 aliphatic carbocycles. The number of unbranched alkanes of at least 4 members (excludes halogenated alkanes) is 1. The molecule has 0 aromatic heterocycles. The van der Waals surface area contributed by atoms with Gasteiger partial charge in [0.1, 0.15) is 0 Å². The summed E-state index contributed by atoms with van der Waals surface area (Å²) in [5.41, 5.74) is 0. The topological polar surface area (TPSA) is 39.4 Å². The van der Waals surface area contributed by atoms with Crippen LogP contribution in [-0.4, -0.2) is 69.5 Å². The van der Waals surface area contributed by atoms with Gasteiger partial charge in [-0.3, -0.25) is 4.99 Å². The minimum Gasteiger partial charge on any atom is -0.325 e. The van der Waals surface area contributed by atoms with Crippen LogP contribution in [-0.2, 0) is 0 Å². The molecule has 0 saturated carbocycles. The van der Waals surface area contributed by atoms with E-state index in [1.54, 1.807) is 0 Å². The molecule has 1 atom stereocenters. The molecule has 0 radical (unpaired) electrons. The summed E-state index contributed by atoms with van der Waals surface area (Å²) in [5, 5.41) is 8.51. The van der Waals surface area contributed by atoms with Gasteiger partial charge in [-0.2, -0.15) is 5.26 Å². The van der Waals surface area contributed by atoms with Crippen molar-refractivity contribution in [3.63, 3.8) is 0 Å². The summed E-state index contributed by atoms with van der Waals surface area (Å²) >= 11 is 0. The van der Waals surface area contributed by atoms with Crippen molar-refractivity contribution in [2.24, 2.45) is 4.99 Å². The highest BCUT2D eigenvalue weighted by atomic mass is 15.3. The van der Waals surface area contributed by atoms with Crippen molar-refractivity contribution >= 4 is 6.72 Å². The minimum atomic E-state index is 0.629. The first-order chi connectivity index (χ1) is 8.58. The van der Waals surface area contributed by atoms with E-state index in [-0.39, 0.29) is 0 Å². The van der Waals surface area contributed by atoms with E-state index in [1.807, 2.05) is 0 Å². The lowest BCUT2D eigenvalue weighted by Gasteiger charge is -2.33. The van der Waals surface area contributed by atoms with Crippen LogP contribution in [0.4, 0.5) is 0 Å². The molecule has 18 heavy (non-hydrogen) atoms. The maximum absolute atomic E-state index is 8.51. The van der Waals surface area contributed by atoms with Crippen molar-refractivity contribution in [1.82, 2.24) is 4.90 Å². The maximum Gasteiger partial charge on any atom is 0.0982 e. The van der Waals surface area contributed by atoms with Crippen molar-refractivity contribution < 1.29 is 4.48 Å². The standard InChI is InChI=1S/C14H29N4/c1-5-18(4,14-10-16-2)13-7-6-11-17(3)12-8-9-15/h2,5-8,10-14H2,1,3-4H3/q+1. The summed E-state index contributed by atoms with van der Waals surface area (Å²) in [6.45, 7) is 12.1. The molecule has 0 fully saturated rings. The zero-order valence-corrected chi connectivity index (χ0v) is 12.4. The van der Waals surface area contributed by atoms with Gasteiger partial charge in [-0.1, -0.05) is 0 Å². The van der Waals surface area contributed by atoms with Crippen molar-refractivity contribution in [2.45, 2.75) is 26.2 Å². The maximum atomic E-state index is 8.51. The summed E-state index contributed by atoms with van der Waals surface area (Å²) in [5.74, 6) is 0. The second-order valence-electron chi connectivity index (χ2n) is 5.25. The third-order valence-corrected chi connectivity index (χ3v) is 3.65. The number of hydrogen-bond acceptors (Lipinski definition) is 3. The Morgan fingerprint density at radius 3 is 2.56 bits per heavy atom. The molecule has 0 heterocycles. The lowest BCUT2D eigenvalue weighted by atomic mass is 10.2. The predicted octanol–water partition coefficient (Wildman–Crippen LogP) is 1.78. The van der Waals surface area contributed by atoms with E-state index < -0.39 is 0 Å². The largest absolute Gasteiger partial charge is 0.325 e. The van der Waals surface area contributed by atoms with Crippen molar-refractivity contribution in [2.75, 3.05) is 53.4 Å². The SMILES string of the molecule is C=NCC[N+](C)(CC)CCCCN(C)CCC#N. The Labute approximate surface area is 113 Å². The Balaban J connectivity index is 3.73. The van der Waals surface area contributed by atoms with Crippen LogP contribution in [0.1, 0.15) is 26.2 Å². The van der Waals surface area contributed by atoms with Gasteiger partial charge >= 0.3 is 0 Å². The Bertz CT molecular complexity index is 259. The highest BCUT2D eigenvalue weighted by Crippen LogP contribution is 2.06. The third kappa shape index (κ3) is 8.21. The summed E-state index contributed by atoms with van der Waals surface area (Å²) in [7, 11) is 4.39. The normalized spacial score (nSPS) is 14.2. The van der Waals surface area contributed by atoms with Gasteiger partial charge < -0.3 is 9.38 Å². The van der Waals surface area contributed by atoms with Crippen LogP contribution in [0, 0.1) is 11.3 Å². The molecule has 0 amide bonds. The second kappa shape index (κ2) is 10.0. The summed E-state index contributed by atoms with van der Waals surface area (Å²) in [6, 6.07) is 2.18. The molecule has 0 aliphatic rings. The van der Waals surface area contributed by atoms with Gasteiger partial charge in [0.05, 0.1) is 39.3 Å². The van der Waals surface area contributed by atoms with Gasteiger partial charge in [0.2, 0.25) is 0 Å². The third-order valence-electron chi connectivity index (χ3n) is 3.65. The second-order valence-corrected chi connectivity index (χ2v) is 5.25. The first kappa shape index (κ1) is 17.1. The average Bonchev–Trinajstić information content (AvgIpc) is 2.39.